The van der Waals surface area contributed by atoms with E-state index in [1.807, 2.05) is 29.0 Å². The first kappa shape index (κ1) is 13.8. The van der Waals surface area contributed by atoms with Crippen molar-refractivity contribution in [3.05, 3.63) is 51.7 Å². The predicted octanol–water partition coefficient (Wildman–Crippen LogP) is 3.63. The molecule has 0 bridgehead atoms. The second-order valence-electron chi connectivity index (χ2n) is 4.24. The van der Waals surface area contributed by atoms with Gasteiger partial charge in [0.25, 0.3) is 5.89 Å². The number of nitrogens with one attached hydrogen (secondary N) is 1. The normalized spacial score (nSPS) is 10.5. The number of rotatable bonds is 4. The van der Waals surface area contributed by atoms with Gasteiger partial charge in [-0.25, -0.2) is 0 Å². The van der Waals surface area contributed by atoms with E-state index in [-0.39, 0.29) is 18.3 Å². The molecule has 0 radical (unpaired) electrons. The number of nitrogens with zero attached hydrogens (tertiary/aromatic N) is 2. The summed E-state index contributed by atoms with van der Waals surface area (Å²) in [6, 6.07) is 9.13. The molecule has 1 N–H and O–H groups in total. The lowest BCUT2D eigenvalue weighted by molar-refractivity contribution is -0.115. The largest absolute Gasteiger partial charge is 0.403 e. The highest BCUT2D eigenvalue weighted by Crippen LogP contribution is 2.22. The Balaban J connectivity index is 1.67. The molecule has 3 aromatic rings. The average Bonchev–Trinajstić information content (AvgIpc) is 3.12. The van der Waals surface area contributed by atoms with Gasteiger partial charge >= 0.3 is 6.01 Å². The van der Waals surface area contributed by atoms with Crippen molar-refractivity contribution in [1.82, 2.24) is 10.2 Å². The van der Waals surface area contributed by atoms with Crippen LogP contribution in [0.15, 0.2) is 45.5 Å². The number of benzene rings is 1. The number of anilines is 1. The van der Waals surface area contributed by atoms with E-state index in [0.717, 1.165) is 11.1 Å². The Hall–Kier alpha value is -2.18. The minimum absolute atomic E-state index is 0.0771. The highest BCUT2D eigenvalue weighted by Gasteiger charge is 2.12. The summed E-state index contributed by atoms with van der Waals surface area (Å²) in [4.78, 5) is 11.9. The van der Waals surface area contributed by atoms with Crippen molar-refractivity contribution in [2.75, 3.05) is 5.32 Å². The van der Waals surface area contributed by atoms with Crippen LogP contribution < -0.4 is 5.32 Å². The number of thiophene rings is 1. The number of amides is 1. The zero-order valence-corrected chi connectivity index (χ0v) is 12.3. The molecule has 2 heterocycles. The number of hydrogen-bond donors (Lipinski definition) is 1. The molecular formula is C14H10ClN3O2S. The van der Waals surface area contributed by atoms with Gasteiger partial charge in [0.15, 0.2) is 0 Å². The van der Waals surface area contributed by atoms with E-state index < -0.39 is 0 Å². The van der Waals surface area contributed by atoms with Gasteiger partial charge in [-0.05, 0) is 23.1 Å². The predicted molar refractivity (Wildman–Crippen MR) is 81.4 cm³/mol. The lowest BCUT2D eigenvalue weighted by atomic mass is 10.1. The van der Waals surface area contributed by atoms with Crippen LogP contribution in [0.1, 0.15) is 5.56 Å². The van der Waals surface area contributed by atoms with Crippen molar-refractivity contribution in [3.8, 4) is 11.5 Å². The molecule has 0 aliphatic carbocycles. The Kier molecular flexibility index (Phi) is 3.98. The van der Waals surface area contributed by atoms with Crippen LogP contribution in [0.4, 0.5) is 6.01 Å². The van der Waals surface area contributed by atoms with Crippen LogP contribution in [0.25, 0.3) is 11.5 Å². The summed E-state index contributed by atoms with van der Waals surface area (Å²) in [6.45, 7) is 0. The molecule has 2 aromatic heterocycles. The Bertz CT molecular complexity index is 755. The molecule has 0 spiro atoms. The maximum Gasteiger partial charge on any atom is 0.322 e. The van der Waals surface area contributed by atoms with E-state index in [0.29, 0.717) is 10.9 Å². The lowest BCUT2D eigenvalue weighted by Crippen LogP contribution is -2.14. The third kappa shape index (κ3) is 3.29. The Morgan fingerprint density at radius 1 is 1.29 bits per heavy atom. The summed E-state index contributed by atoms with van der Waals surface area (Å²) < 4.78 is 5.39. The molecule has 0 saturated heterocycles. The minimum Gasteiger partial charge on any atom is -0.403 e. The molecular weight excluding hydrogens is 310 g/mol. The molecule has 0 aliphatic heterocycles. The van der Waals surface area contributed by atoms with Gasteiger partial charge in [-0.2, -0.15) is 11.3 Å². The van der Waals surface area contributed by atoms with Gasteiger partial charge in [-0.15, -0.1) is 5.10 Å². The molecule has 0 aliphatic rings. The number of carbonyl (C=O) groups excluding carboxylic acids is 1. The Morgan fingerprint density at radius 2 is 2.14 bits per heavy atom. The SMILES string of the molecule is O=C(Cc1ccccc1Cl)Nc1nnc(-c2ccsc2)o1. The van der Waals surface area contributed by atoms with Gasteiger partial charge in [0, 0.05) is 16.0 Å². The van der Waals surface area contributed by atoms with Crippen LogP contribution in [0, 0.1) is 0 Å². The average molecular weight is 320 g/mol. The monoisotopic (exact) mass is 319 g/mol. The standard InChI is InChI=1S/C14H10ClN3O2S/c15-11-4-2-1-3-9(11)7-12(19)16-14-18-17-13(20-14)10-5-6-21-8-10/h1-6,8H,7H2,(H,16,18,19). The van der Waals surface area contributed by atoms with Gasteiger partial charge in [-0.1, -0.05) is 34.9 Å². The summed E-state index contributed by atoms with van der Waals surface area (Å²) >= 11 is 7.54. The van der Waals surface area contributed by atoms with Gasteiger partial charge in [-0.3, -0.25) is 10.1 Å². The minimum atomic E-state index is -0.261. The number of aromatic nitrogens is 2. The van der Waals surface area contributed by atoms with Crippen molar-refractivity contribution < 1.29 is 9.21 Å². The summed E-state index contributed by atoms with van der Waals surface area (Å²) in [5.74, 6) is 0.118. The third-order valence-corrected chi connectivity index (χ3v) is 3.80. The van der Waals surface area contributed by atoms with Crippen LogP contribution >= 0.6 is 22.9 Å². The Morgan fingerprint density at radius 3 is 2.90 bits per heavy atom. The molecule has 7 heteroatoms. The van der Waals surface area contributed by atoms with E-state index in [9.17, 15) is 4.79 Å². The van der Waals surface area contributed by atoms with E-state index in [2.05, 4.69) is 15.5 Å². The van der Waals surface area contributed by atoms with E-state index in [1.54, 1.807) is 12.1 Å². The maximum atomic E-state index is 11.9. The quantitative estimate of drug-likeness (QED) is 0.797. The van der Waals surface area contributed by atoms with Gasteiger partial charge in [0.2, 0.25) is 5.91 Å². The second kappa shape index (κ2) is 6.07. The van der Waals surface area contributed by atoms with E-state index >= 15 is 0 Å². The first-order valence-corrected chi connectivity index (χ1v) is 7.44. The zero-order valence-electron chi connectivity index (χ0n) is 10.7. The summed E-state index contributed by atoms with van der Waals surface area (Å²) in [7, 11) is 0. The van der Waals surface area contributed by atoms with Crippen LogP contribution in [-0.4, -0.2) is 16.1 Å². The molecule has 0 atom stereocenters. The van der Waals surface area contributed by atoms with Crippen molar-refractivity contribution in [2.45, 2.75) is 6.42 Å². The van der Waals surface area contributed by atoms with Crippen molar-refractivity contribution in [2.24, 2.45) is 0 Å². The summed E-state index contributed by atoms with van der Waals surface area (Å²) in [6.07, 6.45) is 0.149. The Labute approximate surface area is 129 Å². The summed E-state index contributed by atoms with van der Waals surface area (Å²) in [5.41, 5.74) is 1.58. The van der Waals surface area contributed by atoms with Gasteiger partial charge < -0.3 is 4.42 Å². The molecule has 0 unspecified atom stereocenters. The van der Waals surface area contributed by atoms with Crippen molar-refractivity contribution in [1.29, 1.82) is 0 Å². The maximum absolute atomic E-state index is 11.9. The van der Waals surface area contributed by atoms with Gasteiger partial charge in [0.05, 0.1) is 6.42 Å². The van der Waals surface area contributed by atoms with Gasteiger partial charge in [0.1, 0.15) is 0 Å². The lowest BCUT2D eigenvalue weighted by Gasteiger charge is -2.02. The van der Waals surface area contributed by atoms with E-state index in [1.165, 1.54) is 11.3 Å². The highest BCUT2D eigenvalue weighted by molar-refractivity contribution is 7.08. The van der Waals surface area contributed by atoms with E-state index in [4.69, 9.17) is 16.0 Å². The summed E-state index contributed by atoms with van der Waals surface area (Å²) in [5, 5.41) is 14.6. The number of carbonyl (C=O) groups is 1. The molecule has 3 rings (SSSR count). The number of hydrogen-bond acceptors (Lipinski definition) is 5. The highest BCUT2D eigenvalue weighted by atomic mass is 35.5. The molecule has 1 amide bonds. The molecule has 1 aromatic carbocycles. The fraction of sp³-hybridized carbons (Fsp3) is 0.0714. The molecule has 0 fully saturated rings. The molecule has 106 valence electrons. The van der Waals surface area contributed by atoms with Crippen molar-refractivity contribution in [3.63, 3.8) is 0 Å². The van der Waals surface area contributed by atoms with Crippen LogP contribution in [0.5, 0.6) is 0 Å². The fourth-order valence-corrected chi connectivity index (χ4v) is 2.59. The first-order valence-electron chi connectivity index (χ1n) is 6.12. The first-order chi connectivity index (χ1) is 10.2. The molecule has 5 nitrogen and oxygen atoms in total. The fourth-order valence-electron chi connectivity index (χ4n) is 1.75. The molecule has 0 saturated carbocycles. The second-order valence-corrected chi connectivity index (χ2v) is 5.43. The third-order valence-electron chi connectivity index (χ3n) is 2.75. The zero-order chi connectivity index (χ0) is 14.7. The van der Waals surface area contributed by atoms with Crippen LogP contribution in [0.2, 0.25) is 5.02 Å². The van der Waals surface area contributed by atoms with Crippen LogP contribution in [-0.2, 0) is 11.2 Å². The van der Waals surface area contributed by atoms with Crippen molar-refractivity contribution >= 4 is 34.9 Å². The number of halogens is 1. The topological polar surface area (TPSA) is 68.0 Å². The van der Waals surface area contributed by atoms with Crippen LogP contribution in [0.3, 0.4) is 0 Å². The molecule has 21 heavy (non-hydrogen) atoms. The smallest absolute Gasteiger partial charge is 0.322 e.